The minimum absolute atomic E-state index is 0.194. The summed E-state index contributed by atoms with van der Waals surface area (Å²) in [5.41, 5.74) is 0. The van der Waals surface area contributed by atoms with Crippen molar-refractivity contribution in [2.75, 3.05) is 6.54 Å². The van der Waals surface area contributed by atoms with Crippen molar-refractivity contribution in [3.8, 4) is 0 Å². The molecule has 2 rings (SSSR count). The summed E-state index contributed by atoms with van der Waals surface area (Å²) >= 11 is 0. The van der Waals surface area contributed by atoms with Gasteiger partial charge >= 0.3 is 0 Å². The second kappa shape index (κ2) is 3.51. The maximum atomic E-state index is 11.5. The Morgan fingerprint density at radius 2 is 2.00 bits per heavy atom. The molecule has 2 N–H and O–H groups in total. The van der Waals surface area contributed by atoms with Crippen LogP contribution in [0.3, 0.4) is 0 Å². The predicted octanol–water partition coefficient (Wildman–Crippen LogP) is -0.653. The number of carbonyl (C=O) groups excluding carboxylic acids is 1. The fraction of sp³-hybridized carbons (Fsp3) is 0.875. The fourth-order valence-corrected chi connectivity index (χ4v) is 3.13. The summed E-state index contributed by atoms with van der Waals surface area (Å²) in [6, 6.07) is -0.547. The van der Waals surface area contributed by atoms with Gasteiger partial charge in [0.25, 0.3) is 0 Å². The quantitative estimate of drug-likeness (QED) is 0.661. The SMILES string of the molecule is O=C1NCCCC1NS(=O)(=O)C1CC1. The van der Waals surface area contributed by atoms with E-state index in [-0.39, 0.29) is 11.2 Å². The van der Waals surface area contributed by atoms with Crippen molar-refractivity contribution in [2.45, 2.75) is 37.0 Å². The van der Waals surface area contributed by atoms with Crippen LogP contribution in [-0.4, -0.2) is 32.2 Å². The first-order valence-electron chi connectivity index (χ1n) is 4.88. The first-order valence-corrected chi connectivity index (χ1v) is 6.43. The average Bonchev–Trinajstić information content (AvgIpc) is 2.91. The molecule has 1 aliphatic heterocycles. The normalized spacial score (nSPS) is 28.6. The van der Waals surface area contributed by atoms with Crippen LogP contribution in [0, 0.1) is 0 Å². The molecule has 2 fully saturated rings. The van der Waals surface area contributed by atoms with Gasteiger partial charge in [0.2, 0.25) is 15.9 Å². The molecule has 0 radical (unpaired) electrons. The molecule has 5 nitrogen and oxygen atoms in total. The summed E-state index contributed by atoms with van der Waals surface area (Å²) in [6.45, 7) is 0.653. The molecule has 0 aromatic carbocycles. The molecule has 6 heteroatoms. The summed E-state index contributed by atoms with van der Waals surface area (Å²) in [7, 11) is -3.23. The molecule has 1 amide bonds. The van der Waals surface area contributed by atoms with Gasteiger partial charge in [-0.25, -0.2) is 13.1 Å². The summed E-state index contributed by atoms with van der Waals surface area (Å²) < 4.78 is 25.5. The van der Waals surface area contributed by atoms with Gasteiger partial charge in [-0.3, -0.25) is 4.79 Å². The first kappa shape index (κ1) is 9.92. The third-order valence-electron chi connectivity index (χ3n) is 2.56. The van der Waals surface area contributed by atoms with Crippen LogP contribution in [0.15, 0.2) is 0 Å². The lowest BCUT2D eigenvalue weighted by atomic mass is 10.1. The second-order valence-corrected chi connectivity index (χ2v) is 5.84. The Morgan fingerprint density at radius 1 is 1.29 bits per heavy atom. The highest BCUT2D eigenvalue weighted by molar-refractivity contribution is 7.90. The zero-order chi connectivity index (χ0) is 10.2. The summed E-state index contributed by atoms with van der Waals surface area (Å²) in [5.74, 6) is -0.194. The Morgan fingerprint density at radius 3 is 2.57 bits per heavy atom. The van der Waals surface area contributed by atoms with E-state index in [1.807, 2.05) is 0 Å². The van der Waals surface area contributed by atoms with Crippen LogP contribution in [0.25, 0.3) is 0 Å². The van der Waals surface area contributed by atoms with E-state index in [9.17, 15) is 13.2 Å². The molecule has 0 aromatic heterocycles. The lowest BCUT2D eigenvalue weighted by Crippen LogP contribution is -2.50. The third kappa shape index (κ3) is 2.06. The van der Waals surface area contributed by atoms with Crippen molar-refractivity contribution >= 4 is 15.9 Å². The van der Waals surface area contributed by atoms with E-state index in [1.165, 1.54) is 0 Å². The highest BCUT2D eigenvalue weighted by Crippen LogP contribution is 2.27. The zero-order valence-electron chi connectivity index (χ0n) is 7.82. The molecule has 1 aliphatic carbocycles. The van der Waals surface area contributed by atoms with Crippen LogP contribution in [0.5, 0.6) is 0 Å². The number of nitrogens with one attached hydrogen (secondary N) is 2. The van der Waals surface area contributed by atoms with Gasteiger partial charge in [0, 0.05) is 6.54 Å². The molecule has 0 spiro atoms. The van der Waals surface area contributed by atoms with Crippen molar-refractivity contribution in [2.24, 2.45) is 0 Å². The third-order valence-corrected chi connectivity index (χ3v) is 4.52. The summed E-state index contributed by atoms with van der Waals surface area (Å²) in [6.07, 6.45) is 2.90. The molecular formula is C8H14N2O3S. The van der Waals surface area contributed by atoms with Gasteiger partial charge in [0.15, 0.2) is 0 Å². The number of sulfonamides is 1. The van der Waals surface area contributed by atoms with Gasteiger partial charge in [-0.1, -0.05) is 0 Å². The zero-order valence-corrected chi connectivity index (χ0v) is 8.64. The van der Waals surface area contributed by atoms with Crippen molar-refractivity contribution < 1.29 is 13.2 Å². The predicted molar refractivity (Wildman–Crippen MR) is 51.1 cm³/mol. The smallest absolute Gasteiger partial charge is 0.238 e. The van der Waals surface area contributed by atoms with E-state index in [0.717, 1.165) is 19.3 Å². The molecule has 2 aliphatic rings. The lowest BCUT2D eigenvalue weighted by molar-refractivity contribution is -0.124. The van der Waals surface area contributed by atoms with Gasteiger partial charge in [0.05, 0.1) is 5.25 Å². The number of amides is 1. The lowest BCUT2D eigenvalue weighted by Gasteiger charge is -2.22. The molecule has 80 valence electrons. The van der Waals surface area contributed by atoms with Gasteiger partial charge in [-0.2, -0.15) is 0 Å². The van der Waals surface area contributed by atoms with E-state index in [4.69, 9.17) is 0 Å². The molecule has 1 unspecified atom stereocenters. The Hall–Kier alpha value is -0.620. The molecule has 1 saturated heterocycles. The van der Waals surface area contributed by atoms with E-state index < -0.39 is 16.1 Å². The summed E-state index contributed by atoms with van der Waals surface area (Å²) in [4.78, 5) is 11.3. The highest BCUT2D eigenvalue weighted by Gasteiger charge is 2.38. The molecule has 1 saturated carbocycles. The minimum atomic E-state index is -3.23. The molecule has 1 heterocycles. The van der Waals surface area contributed by atoms with Gasteiger partial charge in [0.1, 0.15) is 6.04 Å². The van der Waals surface area contributed by atoms with Crippen LogP contribution in [0.1, 0.15) is 25.7 Å². The summed E-state index contributed by atoms with van der Waals surface area (Å²) in [5, 5.41) is 2.40. The minimum Gasteiger partial charge on any atom is -0.355 e. The average molecular weight is 218 g/mol. The van der Waals surface area contributed by atoms with E-state index in [2.05, 4.69) is 10.0 Å². The number of hydrogen-bond acceptors (Lipinski definition) is 3. The van der Waals surface area contributed by atoms with Crippen molar-refractivity contribution in [1.29, 1.82) is 0 Å². The number of carbonyl (C=O) groups is 1. The van der Waals surface area contributed by atoms with Crippen LogP contribution >= 0.6 is 0 Å². The van der Waals surface area contributed by atoms with Crippen LogP contribution in [-0.2, 0) is 14.8 Å². The van der Waals surface area contributed by atoms with Gasteiger partial charge < -0.3 is 5.32 Å². The Bertz CT molecular complexity index is 334. The number of piperidine rings is 1. The second-order valence-electron chi connectivity index (χ2n) is 3.85. The van der Waals surface area contributed by atoms with E-state index >= 15 is 0 Å². The van der Waals surface area contributed by atoms with Crippen LogP contribution < -0.4 is 10.0 Å². The van der Waals surface area contributed by atoms with Gasteiger partial charge in [-0.15, -0.1) is 0 Å². The fourth-order valence-electron chi connectivity index (χ4n) is 1.56. The molecule has 0 bridgehead atoms. The Balaban J connectivity index is 1.98. The first-order chi connectivity index (χ1) is 6.59. The number of hydrogen-bond donors (Lipinski definition) is 2. The topological polar surface area (TPSA) is 75.3 Å². The maximum Gasteiger partial charge on any atom is 0.238 e. The van der Waals surface area contributed by atoms with Crippen molar-refractivity contribution in [3.05, 3.63) is 0 Å². The Kier molecular flexibility index (Phi) is 2.48. The molecule has 1 atom stereocenters. The molecule has 0 aromatic rings. The van der Waals surface area contributed by atoms with Crippen LogP contribution in [0.2, 0.25) is 0 Å². The van der Waals surface area contributed by atoms with Crippen molar-refractivity contribution in [3.63, 3.8) is 0 Å². The molecular weight excluding hydrogens is 204 g/mol. The monoisotopic (exact) mass is 218 g/mol. The van der Waals surface area contributed by atoms with Crippen molar-refractivity contribution in [1.82, 2.24) is 10.0 Å². The maximum absolute atomic E-state index is 11.5. The van der Waals surface area contributed by atoms with E-state index in [0.29, 0.717) is 13.0 Å². The molecule has 14 heavy (non-hydrogen) atoms. The van der Waals surface area contributed by atoms with Gasteiger partial charge in [-0.05, 0) is 25.7 Å². The number of rotatable bonds is 3. The largest absolute Gasteiger partial charge is 0.355 e. The highest BCUT2D eigenvalue weighted by atomic mass is 32.2. The van der Waals surface area contributed by atoms with E-state index in [1.54, 1.807) is 0 Å². The standard InChI is InChI=1S/C8H14N2O3S/c11-8-7(2-1-5-9-8)10-14(12,13)6-3-4-6/h6-7,10H,1-5H2,(H,9,11). The van der Waals surface area contributed by atoms with Crippen LogP contribution in [0.4, 0.5) is 0 Å². The Labute approximate surface area is 83.3 Å².